The van der Waals surface area contributed by atoms with Gasteiger partial charge in [0.05, 0.1) is 11.4 Å². The van der Waals surface area contributed by atoms with E-state index >= 15 is 0 Å². The van der Waals surface area contributed by atoms with E-state index in [0.29, 0.717) is 13.0 Å². The highest BCUT2D eigenvalue weighted by molar-refractivity contribution is 5.96. The Kier molecular flexibility index (Phi) is 2.92. The molecule has 0 spiro atoms. The molecule has 0 aromatic carbocycles. The molecule has 2 heterocycles. The number of rotatable bonds is 2. The first-order valence-electron chi connectivity index (χ1n) is 5.47. The molecule has 1 aromatic heterocycles. The Hall–Kier alpha value is -1.42. The molecule has 0 aliphatic carbocycles. The minimum absolute atomic E-state index is 0.0616. The number of aliphatic hydroxyl groups is 1. The highest BCUT2D eigenvalue weighted by Crippen LogP contribution is 2.29. The SMILES string of the molecule is Cc1ccnc(C)c1N1CC(CO)CC1=O. The van der Waals surface area contributed by atoms with E-state index in [0.717, 1.165) is 16.9 Å². The van der Waals surface area contributed by atoms with Crippen molar-refractivity contribution in [2.45, 2.75) is 20.3 Å². The smallest absolute Gasteiger partial charge is 0.227 e. The Morgan fingerprint density at radius 1 is 1.56 bits per heavy atom. The number of aromatic nitrogens is 1. The standard InChI is InChI=1S/C12H16N2O2/c1-8-3-4-13-9(2)12(8)14-6-10(7-15)5-11(14)16/h3-4,10,15H,5-7H2,1-2H3. The van der Waals surface area contributed by atoms with Crippen LogP contribution in [0, 0.1) is 19.8 Å². The van der Waals surface area contributed by atoms with Crippen LogP contribution in [-0.2, 0) is 4.79 Å². The second kappa shape index (κ2) is 4.22. The van der Waals surface area contributed by atoms with Crippen molar-refractivity contribution in [2.24, 2.45) is 5.92 Å². The minimum Gasteiger partial charge on any atom is -0.396 e. The van der Waals surface area contributed by atoms with E-state index in [2.05, 4.69) is 4.98 Å². The maximum absolute atomic E-state index is 11.8. The van der Waals surface area contributed by atoms with Crippen molar-refractivity contribution >= 4 is 11.6 Å². The van der Waals surface area contributed by atoms with Crippen LogP contribution < -0.4 is 4.90 Å². The summed E-state index contributed by atoms with van der Waals surface area (Å²) in [6.45, 7) is 4.55. The number of hydrogen-bond donors (Lipinski definition) is 1. The van der Waals surface area contributed by atoms with E-state index < -0.39 is 0 Å². The molecule has 0 bridgehead atoms. The molecular weight excluding hydrogens is 204 g/mol. The third-order valence-corrected chi connectivity index (χ3v) is 3.04. The zero-order chi connectivity index (χ0) is 11.7. The van der Waals surface area contributed by atoms with Gasteiger partial charge in [0.2, 0.25) is 5.91 Å². The van der Waals surface area contributed by atoms with E-state index in [-0.39, 0.29) is 18.4 Å². The summed E-state index contributed by atoms with van der Waals surface area (Å²) in [7, 11) is 0. The largest absolute Gasteiger partial charge is 0.396 e. The van der Waals surface area contributed by atoms with Crippen LogP contribution in [0.5, 0.6) is 0 Å². The van der Waals surface area contributed by atoms with E-state index in [1.54, 1.807) is 11.1 Å². The summed E-state index contributed by atoms with van der Waals surface area (Å²) in [6, 6.07) is 1.90. The minimum atomic E-state index is 0.0616. The summed E-state index contributed by atoms with van der Waals surface area (Å²) in [5.41, 5.74) is 2.83. The maximum Gasteiger partial charge on any atom is 0.227 e. The fourth-order valence-corrected chi connectivity index (χ4v) is 2.21. The van der Waals surface area contributed by atoms with Gasteiger partial charge >= 0.3 is 0 Å². The van der Waals surface area contributed by atoms with Crippen molar-refractivity contribution < 1.29 is 9.90 Å². The topological polar surface area (TPSA) is 53.4 Å². The van der Waals surface area contributed by atoms with E-state index in [9.17, 15) is 4.79 Å². The van der Waals surface area contributed by atoms with Gasteiger partial charge in [-0.05, 0) is 25.5 Å². The molecule has 1 aliphatic heterocycles. The predicted octanol–water partition coefficient (Wildman–Crippen LogP) is 1.04. The van der Waals surface area contributed by atoms with E-state index in [1.165, 1.54) is 0 Å². The number of nitrogens with zero attached hydrogens (tertiary/aromatic N) is 2. The van der Waals surface area contributed by atoms with Crippen molar-refractivity contribution in [3.63, 3.8) is 0 Å². The normalized spacial score (nSPS) is 20.6. The van der Waals surface area contributed by atoms with Gasteiger partial charge in [0, 0.05) is 31.7 Å². The van der Waals surface area contributed by atoms with Gasteiger partial charge in [0.1, 0.15) is 0 Å². The van der Waals surface area contributed by atoms with Gasteiger partial charge in [-0.25, -0.2) is 0 Å². The Balaban J connectivity index is 2.35. The number of aryl methyl sites for hydroxylation is 2. The van der Waals surface area contributed by atoms with E-state index in [4.69, 9.17) is 5.11 Å². The number of pyridine rings is 1. The lowest BCUT2D eigenvalue weighted by Gasteiger charge is -2.20. The zero-order valence-corrected chi connectivity index (χ0v) is 9.60. The van der Waals surface area contributed by atoms with Crippen LogP contribution in [0.15, 0.2) is 12.3 Å². The fourth-order valence-electron chi connectivity index (χ4n) is 2.21. The summed E-state index contributed by atoms with van der Waals surface area (Å²) in [5, 5.41) is 9.09. The van der Waals surface area contributed by atoms with Crippen molar-refractivity contribution in [3.05, 3.63) is 23.5 Å². The highest BCUT2D eigenvalue weighted by atomic mass is 16.3. The fraction of sp³-hybridized carbons (Fsp3) is 0.500. The first kappa shape index (κ1) is 11.1. The summed E-state index contributed by atoms with van der Waals surface area (Å²) >= 11 is 0. The number of hydrogen-bond acceptors (Lipinski definition) is 3. The molecule has 1 N–H and O–H groups in total. The molecule has 1 unspecified atom stereocenters. The Labute approximate surface area is 94.9 Å². The van der Waals surface area contributed by atoms with Gasteiger partial charge in [-0.3, -0.25) is 9.78 Å². The average Bonchev–Trinajstić information content (AvgIpc) is 2.60. The van der Waals surface area contributed by atoms with Gasteiger partial charge in [-0.2, -0.15) is 0 Å². The number of carbonyl (C=O) groups is 1. The lowest BCUT2D eigenvalue weighted by Crippen LogP contribution is -2.26. The summed E-state index contributed by atoms with van der Waals surface area (Å²) in [5.74, 6) is 0.143. The molecule has 1 saturated heterocycles. The molecule has 1 amide bonds. The second-order valence-electron chi connectivity index (χ2n) is 4.32. The Bertz CT molecular complexity index is 397. The van der Waals surface area contributed by atoms with Crippen LogP contribution in [0.4, 0.5) is 5.69 Å². The van der Waals surface area contributed by atoms with Gasteiger partial charge < -0.3 is 10.0 Å². The molecule has 2 rings (SSSR count). The van der Waals surface area contributed by atoms with Crippen LogP contribution in [0.1, 0.15) is 17.7 Å². The number of anilines is 1. The molecule has 1 fully saturated rings. The third kappa shape index (κ3) is 1.80. The molecule has 0 radical (unpaired) electrons. The zero-order valence-electron chi connectivity index (χ0n) is 9.60. The maximum atomic E-state index is 11.8. The molecule has 16 heavy (non-hydrogen) atoms. The van der Waals surface area contributed by atoms with Crippen LogP contribution >= 0.6 is 0 Å². The van der Waals surface area contributed by atoms with Crippen molar-refractivity contribution in [3.8, 4) is 0 Å². The van der Waals surface area contributed by atoms with Crippen LogP contribution in [0.2, 0.25) is 0 Å². The van der Waals surface area contributed by atoms with Crippen LogP contribution in [-0.4, -0.2) is 29.1 Å². The van der Waals surface area contributed by atoms with Crippen LogP contribution in [0.25, 0.3) is 0 Å². The quantitative estimate of drug-likeness (QED) is 0.810. The van der Waals surface area contributed by atoms with Gasteiger partial charge in [0.25, 0.3) is 0 Å². The Morgan fingerprint density at radius 3 is 2.88 bits per heavy atom. The summed E-state index contributed by atoms with van der Waals surface area (Å²) in [6.07, 6.45) is 2.18. The lowest BCUT2D eigenvalue weighted by atomic mass is 10.1. The van der Waals surface area contributed by atoms with Gasteiger partial charge in [-0.1, -0.05) is 0 Å². The highest BCUT2D eigenvalue weighted by Gasteiger charge is 2.31. The second-order valence-corrected chi connectivity index (χ2v) is 4.32. The molecule has 4 heteroatoms. The molecule has 4 nitrogen and oxygen atoms in total. The molecular formula is C12H16N2O2. The molecule has 1 atom stereocenters. The Morgan fingerprint density at radius 2 is 2.31 bits per heavy atom. The van der Waals surface area contributed by atoms with Crippen molar-refractivity contribution in [2.75, 3.05) is 18.1 Å². The molecule has 0 saturated carbocycles. The third-order valence-electron chi connectivity index (χ3n) is 3.04. The molecule has 1 aromatic rings. The molecule has 86 valence electrons. The summed E-state index contributed by atoms with van der Waals surface area (Å²) in [4.78, 5) is 17.8. The molecule has 1 aliphatic rings. The van der Waals surface area contributed by atoms with Crippen molar-refractivity contribution in [1.29, 1.82) is 0 Å². The summed E-state index contributed by atoms with van der Waals surface area (Å²) < 4.78 is 0. The first-order chi connectivity index (χ1) is 7.63. The first-order valence-corrected chi connectivity index (χ1v) is 5.47. The monoisotopic (exact) mass is 220 g/mol. The average molecular weight is 220 g/mol. The number of carbonyl (C=O) groups excluding carboxylic acids is 1. The van der Waals surface area contributed by atoms with E-state index in [1.807, 2.05) is 19.9 Å². The van der Waals surface area contributed by atoms with Crippen molar-refractivity contribution in [1.82, 2.24) is 4.98 Å². The van der Waals surface area contributed by atoms with Gasteiger partial charge in [-0.15, -0.1) is 0 Å². The predicted molar refractivity (Wildman–Crippen MR) is 61.3 cm³/mol. The number of amides is 1. The van der Waals surface area contributed by atoms with Crippen LogP contribution in [0.3, 0.4) is 0 Å². The number of aliphatic hydroxyl groups excluding tert-OH is 1. The lowest BCUT2D eigenvalue weighted by molar-refractivity contribution is -0.117. The van der Waals surface area contributed by atoms with Gasteiger partial charge in [0.15, 0.2) is 0 Å².